The van der Waals surface area contributed by atoms with E-state index in [-0.39, 0.29) is 31.1 Å². The summed E-state index contributed by atoms with van der Waals surface area (Å²) in [6, 6.07) is 0. The standard InChI is InChI=1S/C66H112O6/c1-4-7-10-13-16-19-22-24-25-26-27-28-29-30-31-32-33-34-35-36-37-38-39-40-41-43-44-47-50-53-56-59-65(68)71-62-63(61-70-64(67)58-55-52-49-46-21-18-15-12-9-6-3)72-66(69)60-57-54-51-48-45-42-23-20-17-14-11-8-5-2/h7,10,12,15-16,19,24-25,27-28,30-31,33-34,36-37,63H,4-6,8-9,11,13-14,17-18,20-23,26,29,32,35,38-62H2,1-3H3/b10-7-,15-12-,19-16-,25-24-,28-27-,31-30-,34-33-,37-36-. The summed E-state index contributed by atoms with van der Waals surface area (Å²) >= 11 is 0. The van der Waals surface area contributed by atoms with Crippen molar-refractivity contribution in [3.8, 4) is 0 Å². The zero-order valence-corrected chi connectivity index (χ0v) is 47.2. The van der Waals surface area contributed by atoms with Crippen LogP contribution in [0.5, 0.6) is 0 Å². The Morgan fingerprint density at radius 2 is 0.569 bits per heavy atom. The normalized spacial score (nSPS) is 12.8. The maximum absolute atomic E-state index is 12.8. The van der Waals surface area contributed by atoms with Crippen molar-refractivity contribution in [2.75, 3.05) is 13.2 Å². The average Bonchev–Trinajstić information content (AvgIpc) is 3.38. The fraction of sp³-hybridized carbons (Fsp3) is 0.712. The third-order valence-electron chi connectivity index (χ3n) is 12.8. The summed E-state index contributed by atoms with van der Waals surface area (Å²) in [7, 11) is 0. The Bertz CT molecular complexity index is 1430. The second-order valence-electron chi connectivity index (χ2n) is 19.9. The van der Waals surface area contributed by atoms with Gasteiger partial charge >= 0.3 is 17.9 Å². The Morgan fingerprint density at radius 3 is 0.917 bits per heavy atom. The first-order valence-electron chi connectivity index (χ1n) is 30.2. The molecule has 0 saturated heterocycles. The molecular weight excluding hydrogens is 889 g/mol. The fourth-order valence-electron chi connectivity index (χ4n) is 8.31. The molecule has 0 bridgehead atoms. The monoisotopic (exact) mass is 1000 g/mol. The van der Waals surface area contributed by atoms with E-state index in [1.165, 1.54) is 122 Å². The van der Waals surface area contributed by atoms with Crippen molar-refractivity contribution >= 4 is 17.9 Å². The van der Waals surface area contributed by atoms with E-state index in [0.717, 1.165) is 122 Å². The predicted molar refractivity (Wildman–Crippen MR) is 311 cm³/mol. The van der Waals surface area contributed by atoms with Crippen molar-refractivity contribution in [3.63, 3.8) is 0 Å². The minimum absolute atomic E-state index is 0.0809. The van der Waals surface area contributed by atoms with Gasteiger partial charge in [0.2, 0.25) is 0 Å². The molecule has 0 aromatic rings. The molecule has 1 unspecified atom stereocenters. The van der Waals surface area contributed by atoms with Crippen molar-refractivity contribution in [2.45, 2.75) is 290 Å². The Labute approximate surface area is 445 Å². The summed E-state index contributed by atoms with van der Waals surface area (Å²) in [5.74, 6) is -0.891. The van der Waals surface area contributed by atoms with E-state index in [2.05, 4.69) is 118 Å². The predicted octanol–water partition coefficient (Wildman–Crippen LogP) is 20.5. The molecule has 0 amide bonds. The van der Waals surface area contributed by atoms with E-state index in [1.54, 1.807) is 0 Å². The molecule has 0 aliphatic heterocycles. The Kier molecular flexibility index (Phi) is 56.8. The van der Waals surface area contributed by atoms with Crippen LogP contribution in [0.25, 0.3) is 0 Å². The molecule has 0 aromatic heterocycles. The maximum atomic E-state index is 12.8. The number of rotatable bonds is 54. The molecule has 1 atom stereocenters. The minimum Gasteiger partial charge on any atom is -0.462 e. The number of hydrogen-bond acceptors (Lipinski definition) is 6. The van der Waals surface area contributed by atoms with Gasteiger partial charge in [0.25, 0.3) is 0 Å². The fourth-order valence-corrected chi connectivity index (χ4v) is 8.31. The second-order valence-corrected chi connectivity index (χ2v) is 19.9. The van der Waals surface area contributed by atoms with Gasteiger partial charge in [-0.3, -0.25) is 14.4 Å². The van der Waals surface area contributed by atoms with Gasteiger partial charge in [0.15, 0.2) is 6.10 Å². The quantitative estimate of drug-likeness (QED) is 0.0261. The van der Waals surface area contributed by atoms with Crippen molar-refractivity contribution < 1.29 is 28.6 Å². The summed E-state index contributed by atoms with van der Waals surface area (Å²) in [4.78, 5) is 38.1. The van der Waals surface area contributed by atoms with E-state index in [0.29, 0.717) is 19.3 Å². The Morgan fingerprint density at radius 1 is 0.292 bits per heavy atom. The van der Waals surface area contributed by atoms with Gasteiger partial charge in [-0.25, -0.2) is 0 Å². The molecule has 412 valence electrons. The number of esters is 3. The molecule has 6 nitrogen and oxygen atoms in total. The summed E-state index contributed by atoms with van der Waals surface area (Å²) < 4.78 is 16.8. The molecular formula is C66H112O6. The van der Waals surface area contributed by atoms with Gasteiger partial charge < -0.3 is 14.2 Å². The number of ether oxygens (including phenoxy) is 3. The number of carbonyl (C=O) groups is 3. The smallest absolute Gasteiger partial charge is 0.306 e. The van der Waals surface area contributed by atoms with Gasteiger partial charge in [-0.15, -0.1) is 0 Å². The Hall–Kier alpha value is -3.67. The second kappa shape index (κ2) is 59.9. The van der Waals surface area contributed by atoms with E-state index in [9.17, 15) is 14.4 Å². The van der Waals surface area contributed by atoms with Crippen molar-refractivity contribution in [1.82, 2.24) is 0 Å². The molecule has 72 heavy (non-hydrogen) atoms. The highest BCUT2D eigenvalue weighted by molar-refractivity contribution is 5.71. The van der Waals surface area contributed by atoms with Gasteiger partial charge in [-0.05, 0) is 96.3 Å². The highest BCUT2D eigenvalue weighted by Crippen LogP contribution is 2.16. The highest BCUT2D eigenvalue weighted by atomic mass is 16.6. The van der Waals surface area contributed by atoms with Crippen molar-refractivity contribution in [2.24, 2.45) is 0 Å². The summed E-state index contributed by atoms with van der Waals surface area (Å²) in [6.07, 6.45) is 79.9. The van der Waals surface area contributed by atoms with E-state index < -0.39 is 6.10 Å². The molecule has 0 saturated carbocycles. The van der Waals surface area contributed by atoms with Crippen LogP contribution in [0, 0.1) is 0 Å². The molecule has 0 spiro atoms. The minimum atomic E-state index is -0.780. The first-order valence-corrected chi connectivity index (χ1v) is 30.2. The van der Waals surface area contributed by atoms with Crippen LogP contribution >= 0.6 is 0 Å². The number of allylic oxidation sites excluding steroid dienone is 16. The van der Waals surface area contributed by atoms with E-state index in [1.807, 2.05) is 0 Å². The number of unbranched alkanes of at least 4 members (excludes halogenated alkanes) is 27. The third kappa shape index (κ3) is 57.2. The molecule has 0 fully saturated rings. The summed E-state index contributed by atoms with van der Waals surface area (Å²) in [6.45, 7) is 6.46. The molecule has 0 heterocycles. The summed E-state index contributed by atoms with van der Waals surface area (Å²) in [5.41, 5.74) is 0. The first-order chi connectivity index (χ1) is 35.5. The van der Waals surface area contributed by atoms with Crippen molar-refractivity contribution in [1.29, 1.82) is 0 Å². The molecule has 0 rings (SSSR count). The van der Waals surface area contributed by atoms with Crippen molar-refractivity contribution in [3.05, 3.63) is 97.2 Å². The van der Waals surface area contributed by atoms with Gasteiger partial charge in [0, 0.05) is 19.3 Å². The van der Waals surface area contributed by atoms with Gasteiger partial charge in [-0.1, -0.05) is 266 Å². The molecule has 6 heteroatoms. The average molecular weight is 1000 g/mol. The van der Waals surface area contributed by atoms with Crippen LogP contribution in [-0.4, -0.2) is 37.2 Å². The van der Waals surface area contributed by atoms with Crippen LogP contribution in [0.15, 0.2) is 97.2 Å². The Balaban J connectivity index is 4.18. The molecule has 0 radical (unpaired) electrons. The lowest BCUT2D eigenvalue weighted by Gasteiger charge is -2.18. The number of carbonyl (C=O) groups excluding carboxylic acids is 3. The van der Waals surface area contributed by atoms with E-state index >= 15 is 0 Å². The third-order valence-corrected chi connectivity index (χ3v) is 12.8. The van der Waals surface area contributed by atoms with Crippen LogP contribution in [-0.2, 0) is 28.6 Å². The lowest BCUT2D eigenvalue weighted by atomic mass is 10.0. The zero-order valence-electron chi connectivity index (χ0n) is 47.2. The topological polar surface area (TPSA) is 78.9 Å². The van der Waals surface area contributed by atoms with Gasteiger partial charge in [-0.2, -0.15) is 0 Å². The molecule has 0 N–H and O–H groups in total. The molecule has 0 aromatic carbocycles. The zero-order chi connectivity index (χ0) is 52.2. The highest BCUT2D eigenvalue weighted by Gasteiger charge is 2.19. The largest absolute Gasteiger partial charge is 0.462 e. The lowest BCUT2D eigenvalue weighted by molar-refractivity contribution is -0.167. The lowest BCUT2D eigenvalue weighted by Crippen LogP contribution is -2.30. The number of hydrogen-bond donors (Lipinski definition) is 0. The summed E-state index contributed by atoms with van der Waals surface area (Å²) in [5, 5.41) is 0. The van der Waals surface area contributed by atoms with Crippen LogP contribution < -0.4 is 0 Å². The van der Waals surface area contributed by atoms with Crippen LogP contribution in [0.1, 0.15) is 284 Å². The first kappa shape index (κ1) is 68.3. The molecule has 0 aliphatic rings. The van der Waals surface area contributed by atoms with E-state index in [4.69, 9.17) is 14.2 Å². The van der Waals surface area contributed by atoms with Gasteiger partial charge in [0.1, 0.15) is 13.2 Å². The molecule has 0 aliphatic carbocycles. The van der Waals surface area contributed by atoms with Crippen LogP contribution in [0.2, 0.25) is 0 Å². The SMILES string of the molecule is CC/C=C\C/C=C\C/C=C\C/C=C\C/C=C\C/C=C\C/C=C\CCCCCCCCCCCC(=O)OCC(COC(=O)CCCCCCC/C=C\CCC)OC(=O)CCCCCCCCCCCCCCC. The van der Waals surface area contributed by atoms with Crippen LogP contribution in [0.4, 0.5) is 0 Å². The maximum Gasteiger partial charge on any atom is 0.306 e. The van der Waals surface area contributed by atoms with Crippen LogP contribution in [0.3, 0.4) is 0 Å². The van der Waals surface area contributed by atoms with Gasteiger partial charge in [0.05, 0.1) is 0 Å².